The topological polar surface area (TPSA) is 41.5 Å². The average Bonchev–Trinajstić information content (AvgIpc) is 2.94. The monoisotopic (exact) mass is 234 g/mol. The molecule has 0 bridgehead atoms. The van der Waals surface area contributed by atoms with Gasteiger partial charge in [0.1, 0.15) is 5.71 Å². The molecule has 1 heterocycles. The van der Waals surface area contributed by atoms with Gasteiger partial charge < -0.3 is 5.32 Å². The predicted molar refractivity (Wildman–Crippen MR) is 67.9 cm³/mol. The molecule has 0 aliphatic heterocycles. The summed E-state index contributed by atoms with van der Waals surface area (Å²) in [5, 5.41) is 6.95. The Labute approximate surface area is 98.9 Å². The lowest BCUT2D eigenvalue weighted by Gasteiger charge is -2.01. The van der Waals surface area contributed by atoms with Gasteiger partial charge in [0.05, 0.1) is 0 Å². The Bertz CT molecular complexity index is 416. The van der Waals surface area contributed by atoms with Gasteiger partial charge in [-0.15, -0.1) is 0 Å². The van der Waals surface area contributed by atoms with Crippen LogP contribution < -0.4 is 5.32 Å². The number of aliphatic imine (C=N–C) groups is 1. The van der Waals surface area contributed by atoms with Crippen molar-refractivity contribution in [2.45, 2.75) is 18.9 Å². The Hall–Kier alpha value is -1.42. The van der Waals surface area contributed by atoms with Crippen LogP contribution in [0.15, 0.2) is 27.9 Å². The lowest BCUT2D eigenvalue weighted by Crippen LogP contribution is -2.31. The van der Waals surface area contributed by atoms with E-state index in [9.17, 15) is 4.79 Å². The number of nitrogens with zero attached hydrogens (tertiary/aromatic N) is 1. The van der Waals surface area contributed by atoms with E-state index in [2.05, 4.69) is 10.3 Å². The summed E-state index contributed by atoms with van der Waals surface area (Å²) in [7, 11) is 1.64. The van der Waals surface area contributed by atoms with Crippen LogP contribution in [0, 0.1) is 0 Å². The molecule has 2 rings (SSSR count). The summed E-state index contributed by atoms with van der Waals surface area (Å²) in [5.74, 6) is -0.0727. The quantitative estimate of drug-likeness (QED) is 0.796. The van der Waals surface area contributed by atoms with E-state index in [1.807, 2.05) is 22.9 Å². The van der Waals surface area contributed by atoms with Crippen molar-refractivity contribution in [2.24, 2.45) is 4.99 Å². The van der Waals surface area contributed by atoms with Gasteiger partial charge >= 0.3 is 0 Å². The fourth-order valence-corrected chi connectivity index (χ4v) is 1.91. The number of carbonyl (C=O) groups excluding carboxylic acids is 1. The second-order valence-corrected chi connectivity index (χ2v) is 4.53. The molecule has 0 aromatic carbocycles. The molecule has 1 aliphatic carbocycles. The van der Waals surface area contributed by atoms with E-state index in [0.717, 1.165) is 18.4 Å². The summed E-state index contributed by atoms with van der Waals surface area (Å²) in [6.07, 6.45) is 5.86. The zero-order chi connectivity index (χ0) is 11.4. The van der Waals surface area contributed by atoms with E-state index in [1.54, 1.807) is 24.5 Å². The first kappa shape index (κ1) is 11.1. The molecule has 1 aromatic rings. The van der Waals surface area contributed by atoms with Crippen molar-refractivity contribution in [1.82, 2.24) is 5.32 Å². The molecular formula is C12H14N2OS. The fourth-order valence-electron chi connectivity index (χ4n) is 1.28. The highest BCUT2D eigenvalue weighted by Crippen LogP contribution is 2.18. The minimum atomic E-state index is -0.0727. The second kappa shape index (κ2) is 5.07. The Morgan fingerprint density at radius 1 is 1.62 bits per heavy atom. The number of amides is 1. The van der Waals surface area contributed by atoms with Crippen molar-refractivity contribution in [2.75, 3.05) is 7.05 Å². The van der Waals surface area contributed by atoms with Crippen LogP contribution in [0.2, 0.25) is 0 Å². The summed E-state index contributed by atoms with van der Waals surface area (Å²) < 4.78 is 0. The van der Waals surface area contributed by atoms with Crippen LogP contribution in [-0.2, 0) is 4.79 Å². The number of nitrogens with one attached hydrogen (secondary N) is 1. The molecule has 1 fully saturated rings. The van der Waals surface area contributed by atoms with Crippen molar-refractivity contribution in [1.29, 1.82) is 0 Å². The first-order chi connectivity index (χ1) is 7.79. The van der Waals surface area contributed by atoms with E-state index < -0.39 is 0 Å². The normalized spacial score (nSPS) is 16.7. The van der Waals surface area contributed by atoms with Gasteiger partial charge in [-0.3, -0.25) is 9.79 Å². The van der Waals surface area contributed by atoms with Gasteiger partial charge in [0.25, 0.3) is 5.91 Å². The molecule has 3 nitrogen and oxygen atoms in total. The smallest absolute Gasteiger partial charge is 0.269 e. The molecular weight excluding hydrogens is 220 g/mol. The Morgan fingerprint density at radius 2 is 2.44 bits per heavy atom. The van der Waals surface area contributed by atoms with Crippen LogP contribution in [0.3, 0.4) is 0 Å². The minimum absolute atomic E-state index is 0.0727. The average molecular weight is 234 g/mol. The van der Waals surface area contributed by atoms with Gasteiger partial charge in [0, 0.05) is 13.1 Å². The second-order valence-electron chi connectivity index (χ2n) is 3.75. The van der Waals surface area contributed by atoms with Gasteiger partial charge in [0.2, 0.25) is 0 Å². The molecule has 1 N–H and O–H groups in total. The van der Waals surface area contributed by atoms with Gasteiger partial charge in [-0.2, -0.15) is 11.3 Å². The Balaban J connectivity index is 1.97. The molecule has 0 atom stereocenters. The highest BCUT2D eigenvalue weighted by Gasteiger charge is 2.24. The Morgan fingerprint density at radius 3 is 3.00 bits per heavy atom. The number of carbonyl (C=O) groups is 1. The molecule has 1 aliphatic rings. The maximum Gasteiger partial charge on any atom is 0.269 e. The SMILES string of the molecule is C/N=C(\C=C\c1ccsc1)C(=O)NC1CC1. The predicted octanol–water partition coefficient (Wildman–Crippen LogP) is 2.11. The molecule has 1 saturated carbocycles. The largest absolute Gasteiger partial charge is 0.348 e. The first-order valence-electron chi connectivity index (χ1n) is 5.27. The summed E-state index contributed by atoms with van der Waals surface area (Å²) >= 11 is 1.64. The zero-order valence-corrected chi connectivity index (χ0v) is 9.96. The van der Waals surface area contributed by atoms with Gasteiger partial charge in [-0.25, -0.2) is 0 Å². The highest BCUT2D eigenvalue weighted by atomic mass is 32.1. The van der Waals surface area contributed by atoms with Crippen molar-refractivity contribution >= 4 is 29.0 Å². The third kappa shape index (κ3) is 3.03. The Kier molecular flexibility index (Phi) is 3.51. The van der Waals surface area contributed by atoms with Crippen LogP contribution in [0.25, 0.3) is 6.08 Å². The molecule has 1 amide bonds. The van der Waals surface area contributed by atoms with Crippen LogP contribution in [0.5, 0.6) is 0 Å². The third-order valence-corrected chi connectivity index (χ3v) is 3.06. The number of thiophene rings is 1. The lowest BCUT2D eigenvalue weighted by atomic mass is 10.2. The van der Waals surface area contributed by atoms with E-state index >= 15 is 0 Å². The molecule has 0 saturated heterocycles. The van der Waals surface area contributed by atoms with E-state index in [0.29, 0.717) is 11.8 Å². The fraction of sp³-hybridized carbons (Fsp3) is 0.333. The molecule has 0 spiro atoms. The van der Waals surface area contributed by atoms with Crippen LogP contribution in [-0.4, -0.2) is 24.7 Å². The minimum Gasteiger partial charge on any atom is -0.348 e. The van der Waals surface area contributed by atoms with Crippen molar-refractivity contribution < 1.29 is 4.79 Å². The summed E-state index contributed by atoms with van der Waals surface area (Å²) in [4.78, 5) is 15.7. The van der Waals surface area contributed by atoms with Gasteiger partial charge in [-0.1, -0.05) is 6.08 Å². The maximum absolute atomic E-state index is 11.7. The zero-order valence-electron chi connectivity index (χ0n) is 9.14. The van der Waals surface area contributed by atoms with E-state index in [4.69, 9.17) is 0 Å². The van der Waals surface area contributed by atoms with Crippen molar-refractivity contribution in [3.05, 3.63) is 28.5 Å². The van der Waals surface area contributed by atoms with E-state index in [-0.39, 0.29) is 5.91 Å². The summed E-state index contributed by atoms with van der Waals surface area (Å²) in [6, 6.07) is 2.38. The standard InChI is InChI=1S/C12H14N2OS/c1-13-11(12(15)14-10-3-4-10)5-2-9-6-7-16-8-9/h2,5-8,10H,3-4H2,1H3,(H,14,15)/b5-2+,13-11+. The lowest BCUT2D eigenvalue weighted by molar-refractivity contribution is -0.114. The van der Waals surface area contributed by atoms with E-state index in [1.165, 1.54) is 0 Å². The number of rotatable bonds is 4. The molecule has 1 aromatic heterocycles. The third-order valence-electron chi connectivity index (χ3n) is 2.36. The number of hydrogen-bond acceptors (Lipinski definition) is 3. The summed E-state index contributed by atoms with van der Waals surface area (Å²) in [5.41, 5.74) is 1.59. The van der Waals surface area contributed by atoms with Crippen LogP contribution in [0.1, 0.15) is 18.4 Å². The molecule has 84 valence electrons. The first-order valence-corrected chi connectivity index (χ1v) is 6.22. The molecule has 0 radical (unpaired) electrons. The van der Waals surface area contributed by atoms with Gasteiger partial charge in [-0.05, 0) is 41.3 Å². The van der Waals surface area contributed by atoms with Crippen molar-refractivity contribution in [3.63, 3.8) is 0 Å². The van der Waals surface area contributed by atoms with Crippen LogP contribution >= 0.6 is 11.3 Å². The number of hydrogen-bond donors (Lipinski definition) is 1. The van der Waals surface area contributed by atoms with Gasteiger partial charge in [0.15, 0.2) is 0 Å². The van der Waals surface area contributed by atoms with Crippen molar-refractivity contribution in [3.8, 4) is 0 Å². The molecule has 4 heteroatoms. The molecule has 0 unspecified atom stereocenters. The molecule has 16 heavy (non-hydrogen) atoms. The van der Waals surface area contributed by atoms with Crippen LogP contribution in [0.4, 0.5) is 0 Å². The maximum atomic E-state index is 11.7. The highest BCUT2D eigenvalue weighted by molar-refractivity contribution is 7.08. The summed E-state index contributed by atoms with van der Waals surface area (Å²) in [6.45, 7) is 0.